The monoisotopic (exact) mass is 412 g/mol. The summed E-state index contributed by atoms with van der Waals surface area (Å²) in [4.78, 5) is 0. The van der Waals surface area contributed by atoms with Gasteiger partial charge in [0.2, 0.25) is 0 Å². The van der Waals surface area contributed by atoms with Crippen molar-refractivity contribution in [2.75, 3.05) is 6.61 Å². The van der Waals surface area contributed by atoms with Gasteiger partial charge < -0.3 is 9.47 Å². The predicted molar refractivity (Wildman–Crippen MR) is 96.2 cm³/mol. The van der Waals surface area contributed by atoms with Crippen LogP contribution in [0.25, 0.3) is 21.9 Å². The van der Waals surface area contributed by atoms with Gasteiger partial charge in [-0.25, -0.2) is 17.6 Å². The second-order valence-electron chi connectivity index (χ2n) is 5.96. The highest BCUT2D eigenvalue weighted by Gasteiger charge is 2.22. The van der Waals surface area contributed by atoms with Crippen molar-refractivity contribution in [1.82, 2.24) is 0 Å². The number of alkyl halides is 2. The van der Waals surface area contributed by atoms with Crippen molar-refractivity contribution in [2.24, 2.45) is 0 Å². The Kier molecular flexibility index (Phi) is 6.00. The summed E-state index contributed by atoms with van der Waals surface area (Å²) in [7, 11) is 0. The summed E-state index contributed by atoms with van der Waals surface area (Å²) >= 11 is 0. The molecule has 3 aromatic rings. The number of benzene rings is 3. The minimum Gasteiger partial charge on any atom is -0.489 e. The molecule has 0 amide bonds. The number of fused-ring (bicyclic) bond motifs is 1. The molecule has 0 aliphatic carbocycles. The van der Waals surface area contributed by atoms with Crippen LogP contribution in [0, 0.1) is 23.3 Å². The van der Waals surface area contributed by atoms with E-state index in [1.54, 1.807) is 19.1 Å². The van der Waals surface area contributed by atoms with Gasteiger partial charge >= 0.3 is 6.61 Å². The maximum atomic E-state index is 14.5. The highest BCUT2D eigenvalue weighted by molar-refractivity contribution is 5.90. The van der Waals surface area contributed by atoms with E-state index in [-0.39, 0.29) is 28.9 Å². The molecule has 2 nitrogen and oxygen atoms in total. The first kappa shape index (κ1) is 20.6. The summed E-state index contributed by atoms with van der Waals surface area (Å²) in [6.07, 6.45) is 3.48. The molecule has 0 saturated carbocycles. The molecule has 0 radical (unpaired) electrons. The molecule has 3 rings (SSSR count). The van der Waals surface area contributed by atoms with Crippen molar-refractivity contribution in [1.29, 1.82) is 0 Å². The van der Waals surface area contributed by atoms with Crippen LogP contribution in [0.2, 0.25) is 0 Å². The lowest BCUT2D eigenvalue weighted by Crippen LogP contribution is -2.06. The van der Waals surface area contributed by atoms with Crippen LogP contribution in [0.5, 0.6) is 11.5 Å². The van der Waals surface area contributed by atoms with Crippen molar-refractivity contribution in [3.05, 3.63) is 71.8 Å². The van der Waals surface area contributed by atoms with Gasteiger partial charge in [-0.1, -0.05) is 12.2 Å². The van der Waals surface area contributed by atoms with E-state index in [0.29, 0.717) is 6.07 Å². The quantitative estimate of drug-likeness (QED) is 0.335. The number of hydrogen-bond acceptors (Lipinski definition) is 2. The first-order valence-corrected chi connectivity index (χ1v) is 8.41. The lowest BCUT2D eigenvalue weighted by atomic mass is 9.99. The molecule has 29 heavy (non-hydrogen) atoms. The minimum atomic E-state index is -3.48. The second-order valence-corrected chi connectivity index (χ2v) is 5.96. The molecule has 0 bridgehead atoms. The van der Waals surface area contributed by atoms with Crippen LogP contribution in [-0.2, 0) is 0 Å². The Balaban J connectivity index is 2.06. The molecule has 0 aromatic heterocycles. The average molecular weight is 412 g/mol. The van der Waals surface area contributed by atoms with Crippen molar-refractivity contribution in [3.8, 4) is 22.6 Å². The van der Waals surface area contributed by atoms with Gasteiger partial charge in [0.05, 0.1) is 5.39 Å². The van der Waals surface area contributed by atoms with E-state index in [0.717, 1.165) is 18.2 Å². The molecule has 8 heteroatoms. The van der Waals surface area contributed by atoms with E-state index < -0.39 is 41.0 Å². The van der Waals surface area contributed by atoms with Crippen LogP contribution < -0.4 is 9.47 Å². The van der Waals surface area contributed by atoms with Gasteiger partial charge in [0.15, 0.2) is 17.4 Å². The molecular weight excluding hydrogens is 398 g/mol. The molecule has 0 N–H and O–H groups in total. The largest absolute Gasteiger partial charge is 0.489 e. The third-order valence-electron chi connectivity index (χ3n) is 4.08. The van der Waals surface area contributed by atoms with Crippen LogP contribution >= 0.6 is 0 Å². The molecule has 0 saturated heterocycles. The van der Waals surface area contributed by atoms with Gasteiger partial charge in [-0.15, -0.1) is 0 Å². The molecule has 0 aliphatic rings. The van der Waals surface area contributed by atoms with Crippen LogP contribution in [0.15, 0.2) is 48.6 Å². The lowest BCUT2D eigenvalue weighted by Gasteiger charge is -2.12. The topological polar surface area (TPSA) is 18.5 Å². The van der Waals surface area contributed by atoms with Crippen molar-refractivity contribution in [2.45, 2.75) is 13.5 Å². The maximum Gasteiger partial charge on any atom is 0.387 e. The summed E-state index contributed by atoms with van der Waals surface area (Å²) in [6.45, 7) is -1.45. The van der Waals surface area contributed by atoms with Gasteiger partial charge in [0.25, 0.3) is 0 Å². The first-order valence-electron chi connectivity index (χ1n) is 8.41. The van der Waals surface area contributed by atoms with E-state index in [2.05, 4.69) is 4.74 Å². The zero-order valence-electron chi connectivity index (χ0n) is 15.0. The zero-order valence-corrected chi connectivity index (χ0v) is 15.0. The zero-order chi connectivity index (χ0) is 21.1. The summed E-state index contributed by atoms with van der Waals surface area (Å²) in [5.74, 6) is -6.08. The standard InChI is InChI=1S/C21H14F6O2/c1-2-3-6-28-13-4-5-14(15(22)10-13)11-7-12-9-17(24)20(29-21(26)27)19(25)18(12)16(23)8-11/h2-5,7-10,21H,6H2,1H3. The number of hydrogen-bond donors (Lipinski definition) is 0. The Morgan fingerprint density at radius 1 is 0.931 bits per heavy atom. The van der Waals surface area contributed by atoms with Crippen molar-refractivity contribution in [3.63, 3.8) is 0 Å². The third kappa shape index (κ3) is 4.31. The van der Waals surface area contributed by atoms with Crippen LogP contribution in [-0.4, -0.2) is 13.2 Å². The smallest absolute Gasteiger partial charge is 0.387 e. The highest BCUT2D eigenvalue weighted by Crippen LogP contribution is 2.36. The maximum absolute atomic E-state index is 14.5. The van der Waals surface area contributed by atoms with Gasteiger partial charge in [-0.05, 0) is 48.2 Å². The summed E-state index contributed by atoms with van der Waals surface area (Å²) in [5.41, 5.74) is -0.0215. The highest BCUT2D eigenvalue weighted by atomic mass is 19.3. The normalized spacial score (nSPS) is 11.6. The Hall–Kier alpha value is -3.16. The van der Waals surface area contributed by atoms with Gasteiger partial charge in [-0.3, -0.25) is 0 Å². The minimum absolute atomic E-state index is 0.00818. The van der Waals surface area contributed by atoms with Crippen LogP contribution in [0.4, 0.5) is 26.3 Å². The fourth-order valence-corrected chi connectivity index (χ4v) is 2.81. The van der Waals surface area contributed by atoms with E-state index in [4.69, 9.17) is 4.74 Å². The average Bonchev–Trinajstić information content (AvgIpc) is 2.64. The number of ether oxygens (including phenoxy) is 2. The summed E-state index contributed by atoms with van der Waals surface area (Å²) in [5, 5.41) is -1.01. The lowest BCUT2D eigenvalue weighted by molar-refractivity contribution is -0.0544. The number of allylic oxidation sites excluding steroid dienone is 1. The molecule has 0 atom stereocenters. The molecule has 0 heterocycles. The van der Waals surface area contributed by atoms with Crippen LogP contribution in [0.3, 0.4) is 0 Å². The van der Waals surface area contributed by atoms with E-state index in [1.165, 1.54) is 12.1 Å². The molecule has 0 unspecified atom stereocenters. The molecule has 0 aliphatic heterocycles. The Morgan fingerprint density at radius 3 is 2.34 bits per heavy atom. The Bertz CT molecular complexity index is 1080. The van der Waals surface area contributed by atoms with Crippen molar-refractivity contribution < 1.29 is 35.8 Å². The predicted octanol–water partition coefficient (Wildman–Crippen LogP) is 6.62. The summed E-state index contributed by atoms with van der Waals surface area (Å²) < 4.78 is 91.1. The van der Waals surface area contributed by atoms with Gasteiger partial charge in [0.1, 0.15) is 24.0 Å². The summed E-state index contributed by atoms with van der Waals surface area (Å²) in [6, 6.07) is 6.52. The molecule has 3 aromatic carbocycles. The first-order chi connectivity index (χ1) is 13.8. The van der Waals surface area contributed by atoms with E-state index in [1.807, 2.05) is 0 Å². The van der Waals surface area contributed by atoms with Gasteiger partial charge in [-0.2, -0.15) is 8.78 Å². The van der Waals surface area contributed by atoms with E-state index in [9.17, 15) is 26.3 Å². The Morgan fingerprint density at radius 2 is 1.69 bits per heavy atom. The fraction of sp³-hybridized carbons (Fsp3) is 0.143. The number of halogens is 6. The van der Waals surface area contributed by atoms with Gasteiger partial charge in [0, 0.05) is 11.6 Å². The Labute approximate surface area is 162 Å². The molecule has 0 fully saturated rings. The van der Waals surface area contributed by atoms with E-state index >= 15 is 0 Å². The fourth-order valence-electron chi connectivity index (χ4n) is 2.81. The molecule has 0 spiro atoms. The van der Waals surface area contributed by atoms with Crippen LogP contribution in [0.1, 0.15) is 6.92 Å². The molecule has 152 valence electrons. The number of rotatable bonds is 6. The molecular formula is C21H14F6O2. The SMILES string of the molecule is CC=CCOc1ccc(-c2cc(F)c3c(F)c(OC(F)F)c(F)cc3c2)c(F)c1. The third-order valence-corrected chi connectivity index (χ3v) is 4.08. The van der Waals surface area contributed by atoms with Crippen molar-refractivity contribution >= 4 is 10.8 Å². The second kappa shape index (κ2) is 8.46.